The molecular formula is C22H36IN5O. The van der Waals surface area contributed by atoms with E-state index >= 15 is 0 Å². The number of guanidine groups is 1. The number of nitrogens with one attached hydrogen (secondary N) is 2. The molecule has 1 aliphatic carbocycles. The van der Waals surface area contributed by atoms with Gasteiger partial charge in [-0.15, -0.1) is 24.0 Å². The summed E-state index contributed by atoms with van der Waals surface area (Å²) in [6.45, 7) is 9.68. The second-order valence-electron chi connectivity index (χ2n) is 9.21. The Kier molecular flexibility index (Phi) is 7.30. The van der Waals surface area contributed by atoms with Crippen LogP contribution in [0.3, 0.4) is 0 Å². The number of nitrogens with zero attached hydrogens (tertiary/aromatic N) is 3. The molecule has 7 heteroatoms. The van der Waals surface area contributed by atoms with Crippen molar-refractivity contribution in [3.05, 3.63) is 23.9 Å². The predicted molar refractivity (Wildman–Crippen MR) is 129 cm³/mol. The molecule has 0 radical (unpaired) electrons. The Morgan fingerprint density at radius 2 is 1.97 bits per heavy atom. The van der Waals surface area contributed by atoms with Crippen molar-refractivity contribution in [2.24, 2.45) is 16.3 Å². The third-order valence-corrected chi connectivity index (χ3v) is 6.90. The van der Waals surface area contributed by atoms with Gasteiger partial charge in [0.25, 0.3) is 0 Å². The zero-order valence-corrected chi connectivity index (χ0v) is 20.5. The lowest BCUT2D eigenvalue weighted by Crippen LogP contribution is -2.71. The molecule has 0 amide bonds. The highest BCUT2D eigenvalue weighted by Gasteiger charge is 2.58. The lowest BCUT2D eigenvalue weighted by molar-refractivity contribution is -0.188. The van der Waals surface area contributed by atoms with Gasteiger partial charge in [-0.05, 0) is 44.2 Å². The van der Waals surface area contributed by atoms with E-state index in [1.165, 1.54) is 18.4 Å². The SMILES string of the molecule is CN=C(NC1CCN(c2ccc(C)cn2)CC1)NC1C2CCCOC2C1(C)C.I. The fourth-order valence-electron chi connectivity index (χ4n) is 5.23. The van der Waals surface area contributed by atoms with Crippen LogP contribution in [0.15, 0.2) is 23.3 Å². The lowest BCUT2D eigenvalue weighted by Gasteiger charge is -2.60. The van der Waals surface area contributed by atoms with Crippen LogP contribution in [0.1, 0.15) is 45.1 Å². The van der Waals surface area contributed by atoms with Crippen molar-refractivity contribution in [1.29, 1.82) is 0 Å². The number of fused-ring (bicyclic) bond motifs is 1. The van der Waals surface area contributed by atoms with Crippen molar-refractivity contribution in [3.8, 4) is 0 Å². The topological polar surface area (TPSA) is 61.8 Å². The highest BCUT2D eigenvalue weighted by molar-refractivity contribution is 14.0. The minimum atomic E-state index is 0. The van der Waals surface area contributed by atoms with Gasteiger partial charge in [-0.3, -0.25) is 4.99 Å². The number of aromatic nitrogens is 1. The Balaban J connectivity index is 0.00000240. The third kappa shape index (κ3) is 4.65. The van der Waals surface area contributed by atoms with E-state index in [-0.39, 0.29) is 29.4 Å². The van der Waals surface area contributed by atoms with E-state index in [2.05, 4.69) is 58.4 Å². The standard InChI is InChI=1S/C22H35N5O.HI/c1-15-7-8-18(24-14-15)27-11-9-16(10-12-27)25-21(23-4)26-19-17-6-5-13-28-20(17)22(19,2)3;/h7-8,14,16-17,19-20H,5-6,9-13H2,1-4H3,(H2,23,25,26);1H. The van der Waals surface area contributed by atoms with E-state index in [1.807, 2.05) is 13.2 Å². The number of hydrogen-bond donors (Lipinski definition) is 2. The Labute approximate surface area is 192 Å². The number of piperidine rings is 1. The summed E-state index contributed by atoms with van der Waals surface area (Å²) in [5, 5.41) is 7.39. The van der Waals surface area contributed by atoms with Crippen LogP contribution in [0.4, 0.5) is 5.82 Å². The molecule has 1 saturated carbocycles. The van der Waals surface area contributed by atoms with Gasteiger partial charge in [0.15, 0.2) is 5.96 Å². The molecule has 162 valence electrons. The molecule has 3 unspecified atom stereocenters. The first-order valence-corrected chi connectivity index (χ1v) is 10.8. The maximum atomic E-state index is 6.04. The van der Waals surface area contributed by atoms with Crippen molar-refractivity contribution in [2.75, 3.05) is 31.6 Å². The normalized spacial score (nSPS) is 29.3. The maximum absolute atomic E-state index is 6.04. The van der Waals surface area contributed by atoms with Crippen LogP contribution in [0, 0.1) is 18.3 Å². The van der Waals surface area contributed by atoms with Crippen LogP contribution in [0.5, 0.6) is 0 Å². The van der Waals surface area contributed by atoms with E-state index in [0.717, 1.165) is 44.3 Å². The van der Waals surface area contributed by atoms with Crippen LogP contribution in [0.2, 0.25) is 0 Å². The van der Waals surface area contributed by atoms with Gasteiger partial charge in [-0.25, -0.2) is 4.98 Å². The number of hydrogen-bond acceptors (Lipinski definition) is 4. The fourth-order valence-corrected chi connectivity index (χ4v) is 5.23. The van der Waals surface area contributed by atoms with E-state index in [9.17, 15) is 0 Å². The summed E-state index contributed by atoms with van der Waals surface area (Å²) in [6.07, 6.45) is 6.96. The molecule has 6 nitrogen and oxygen atoms in total. The molecular weight excluding hydrogens is 477 g/mol. The van der Waals surface area contributed by atoms with Crippen molar-refractivity contribution in [1.82, 2.24) is 15.6 Å². The first kappa shape index (κ1) is 22.6. The molecule has 0 spiro atoms. The molecule has 29 heavy (non-hydrogen) atoms. The predicted octanol–water partition coefficient (Wildman–Crippen LogP) is 3.35. The van der Waals surface area contributed by atoms with Gasteiger partial charge in [0, 0.05) is 56.4 Å². The molecule has 2 saturated heterocycles. The van der Waals surface area contributed by atoms with Crippen LogP contribution in [0.25, 0.3) is 0 Å². The van der Waals surface area contributed by atoms with Crippen LogP contribution >= 0.6 is 24.0 Å². The Morgan fingerprint density at radius 1 is 1.21 bits per heavy atom. The molecule has 3 heterocycles. The van der Waals surface area contributed by atoms with E-state index < -0.39 is 0 Å². The highest BCUT2D eigenvalue weighted by atomic mass is 127. The number of aliphatic imine (C=N–C) groups is 1. The minimum absolute atomic E-state index is 0. The average molecular weight is 513 g/mol. The first-order valence-electron chi connectivity index (χ1n) is 10.8. The number of ether oxygens (including phenoxy) is 1. The summed E-state index contributed by atoms with van der Waals surface area (Å²) in [5.41, 5.74) is 1.36. The molecule has 1 aromatic rings. The Hall–Kier alpha value is -1.09. The minimum Gasteiger partial charge on any atom is -0.377 e. The number of aryl methyl sites for hydroxylation is 1. The van der Waals surface area contributed by atoms with Crippen molar-refractivity contribution in [2.45, 2.75) is 64.6 Å². The molecule has 1 aromatic heterocycles. The molecule has 0 bridgehead atoms. The van der Waals surface area contributed by atoms with Gasteiger partial charge >= 0.3 is 0 Å². The van der Waals surface area contributed by atoms with Gasteiger partial charge in [0.1, 0.15) is 5.82 Å². The average Bonchev–Trinajstić information content (AvgIpc) is 2.72. The zero-order valence-electron chi connectivity index (χ0n) is 18.1. The van der Waals surface area contributed by atoms with Gasteiger partial charge in [0.2, 0.25) is 0 Å². The van der Waals surface area contributed by atoms with Crippen molar-refractivity contribution >= 4 is 35.8 Å². The number of halogens is 1. The summed E-state index contributed by atoms with van der Waals surface area (Å²) in [4.78, 5) is 11.5. The van der Waals surface area contributed by atoms with Gasteiger partial charge in [-0.2, -0.15) is 0 Å². The van der Waals surface area contributed by atoms with Gasteiger partial charge < -0.3 is 20.3 Å². The molecule has 3 atom stereocenters. The van der Waals surface area contributed by atoms with Crippen molar-refractivity contribution < 1.29 is 4.74 Å². The van der Waals surface area contributed by atoms with E-state index in [0.29, 0.717) is 24.1 Å². The van der Waals surface area contributed by atoms with Crippen LogP contribution in [-0.2, 0) is 4.74 Å². The van der Waals surface area contributed by atoms with Gasteiger partial charge in [-0.1, -0.05) is 19.9 Å². The fraction of sp³-hybridized carbons (Fsp3) is 0.727. The lowest BCUT2D eigenvalue weighted by atomic mass is 9.55. The number of anilines is 1. The zero-order chi connectivity index (χ0) is 19.7. The summed E-state index contributed by atoms with van der Waals surface area (Å²) >= 11 is 0. The van der Waals surface area contributed by atoms with Crippen LogP contribution < -0.4 is 15.5 Å². The third-order valence-electron chi connectivity index (χ3n) is 6.90. The molecule has 0 aromatic carbocycles. The molecule has 4 rings (SSSR count). The summed E-state index contributed by atoms with van der Waals surface area (Å²) in [5.74, 6) is 2.64. The van der Waals surface area contributed by atoms with Crippen LogP contribution in [-0.4, -0.2) is 55.9 Å². The maximum Gasteiger partial charge on any atom is 0.191 e. The van der Waals surface area contributed by atoms with Crippen molar-refractivity contribution in [3.63, 3.8) is 0 Å². The first-order chi connectivity index (χ1) is 13.5. The summed E-state index contributed by atoms with van der Waals surface area (Å²) in [6, 6.07) is 5.15. The molecule has 2 aliphatic heterocycles. The van der Waals surface area contributed by atoms with Gasteiger partial charge in [0.05, 0.1) is 6.10 Å². The smallest absolute Gasteiger partial charge is 0.191 e. The molecule has 3 fully saturated rings. The number of rotatable bonds is 3. The van der Waals surface area contributed by atoms with E-state index in [1.54, 1.807) is 0 Å². The molecule has 3 aliphatic rings. The summed E-state index contributed by atoms with van der Waals surface area (Å²) < 4.78 is 6.04. The quantitative estimate of drug-likeness (QED) is 0.369. The highest BCUT2D eigenvalue weighted by Crippen LogP contribution is 2.51. The second-order valence-corrected chi connectivity index (χ2v) is 9.21. The summed E-state index contributed by atoms with van der Waals surface area (Å²) in [7, 11) is 1.88. The Morgan fingerprint density at radius 3 is 2.62 bits per heavy atom. The molecule has 2 N–H and O–H groups in total. The van der Waals surface area contributed by atoms with E-state index in [4.69, 9.17) is 4.74 Å². The number of pyridine rings is 1. The largest absolute Gasteiger partial charge is 0.377 e. The monoisotopic (exact) mass is 513 g/mol. The second kappa shape index (κ2) is 9.37. The Bertz CT molecular complexity index is 700.